The molecule has 2 atom stereocenters. The van der Waals surface area contributed by atoms with Crippen LogP contribution in [0, 0.1) is 12.8 Å². The number of Topliss-reactive ketones (excluding diaryl/α,β-unsaturated/α-hetero) is 1. The Balaban J connectivity index is 1.55. The summed E-state index contributed by atoms with van der Waals surface area (Å²) < 4.78 is 20.4. The quantitative estimate of drug-likeness (QED) is 0.368. The zero-order valence-corrected chi connectivity index (χ0v) is 21.9. The Bertz CT molecular complexity index is 1260. The molecule has 0 saturated heterocycles. The van der Waals surface area contributed by atoms with E-state index in [4.69, 9.17) is 4.42 Å². The molecule has 2 unspecified atom stereocenters. The Morgan fingerprint density at radius 1 is 1.19 bits per heavy atom. The lowest BCUT2D eigenvalue weighted by atomic mass is 9.76. The van der Waals surface area contributed by atoms with Crippen LogP contribution in [0.5, 0.6) is 0 Å². The number of aryl methyl sites for hydroxylation is 1. The Hall–Kier alpha value is -3.21. The molecule has 0 saturated carbocycles. The first-order valence-electron chi connectivity index (χ1n) is 12.8. The van der Waals surface area contributed by atoms with E-state index in [0.29, 0.717) is 29.6 Å². The van der Waals surface area contributed by atoms with Gasteiger partial charge in [0, 0.05) is 29.3 Å². The lowest BCUT2D eigenvalue weighted by Crippen LogP contribution is -2.25. The molecule has 0 aromatic carbocycles. The molecule has 2 aromatic heterocycles. The number of fused-ring (bicyclic) bond motifs is 1. The topological polar surface area (TPSA) is 63.3 Å². The molecule has 0 spiro atoms. The van der Waals surface area contributed by atoms with Crippen molar-refractivity contribution in [2.75, 3.05) is 0 Å². The molecule has 0 fully saturated rings. The molecule has 0 bridgehead atoms. The van der Waals surface area contributed by atoms with E-state index < -0.39 is 11.6 Å². The third-order valence-electron chi connectivity index (χ3n) is 7.47. The van der Waals surface area contributed by atoms with Crippen molar-refractivity contribution in [3.63, 3.8) is 0 Å². The van der Waals surface area contributed by atoms with Crippen molar-refractivity contribution in [2.45, 2.75) is 77.8 Å². The van der Waals surface area contributed by atoms with Crippen LogP contribution in [-0.2, 0) is 10.2 Å². The van der Waals surface area contributed by atoms with Crippen LogP contribution in [-0.4, -0.2) is 21.5 Å². The van der Waals surface area contributed by atoms with Gasteiger partial charge in [0.05, 0.1) is 24.0 Å². The number of carbonyl (C=O) groups excluding carboxylic acids is 1. The largest absolute Gasteiger partial charge is 0.511 e. The molecule has 2 aliphatic rings. The molecule has 2 aromatic rings. The Kier molecular flexibility index (Phi) is 7.21. The maximum Gasteiger partial charge on any atom is 0.166 e. The zero-order valence-electron chi connectivity index (χ0n) is 21.9. The van der Waals surface area contributed by atoms with E-state index in [9.17, 15) is 9.90 Å². The van der Waals surface area contributed by atoms with Crippen molar-refractivity contribution in [1.29, 1.82) is 0 Å². The molecule has 4 rings (SSSR count). The summed E-state index contributed by atoms with van der Waals surface area (Å²) >= 11 is 0. The van der Waals surface area contributed by atoms with Gasteiger partial charge in [-0.1, -0.05) is 32.4 Å². The van der Waals surface area contributed by atoms with E-state index in [2.05, 4.69) is 31.8 Å². The lowest BCUT2D eigenvalue weighted by Gasteiger charge is -2.30. The standard InChI is InChI=1S/C31H36FNO3/c1-6-12-31(5,29-20(2)9-8-14-33-29)13-7-10-27(34)25-18-23-24(28(25)35)16-22(21-11-15-36-19-21)17-26(23)30(3,4)32/h8-9,11,14-19,24,35H,6-7,10,12-13H2,1-5H3. The van der Waals surface area contributed by atoms with Crippen molar-refractivity contribution in [3.05, 3.63) is 94.4 Å². The zero-order chi connectivity index (χ0) is 26.1. The summed E-state index contributed by atoms with van der Waals surface area (Å²) in [7, 11) is 0. The fraction of sp³-hybridized carbons (Fsp3) is 0.419. The highest BCUT2D eigenvalue weighted by Gasteiger charge is 2.39. The number of pyridine rings is 1. The van der Waals surface area contributed by atoms with Gasteiger partial charge in [0.25, 0.3) is 0 Å². The van der Waals surface area contributed by atoms with Crippen molar-refractivity contribution < 1.29 is 18.7 Å². The molecule has 36 heavy (non-hydrogen) atoms. The molecule has 0 radical (unpaired) electrons. The highest BCUT2D eigenvalue weighted by Crippen LogP contribution is 2.46. The summed E-state index contributed by atoms with van der Waals surface area (Å²) in [6.07, 6.45) is 14.2. The SMILES string of the molecule is CCCC(C)(CCCC(=O)C1=C(O)C2C=C(c3ccoc3)C=C(C(C)(C)F)C2=C1)c1ncccc1C. The molecule has 5 heteroatoms. The molecule has 2 aliphatic carbocycles. The van der Waals surface area contributed by atoms with Crippen molar-refractivity contribution in [3.8, 4) is 0 Å². The van der Waals surface area contributed by atoms with Gasteiger partial charge in [-0.05, 0) is 86.6 Å². The van der Waals surface area contributed by atoms with Crippen LogP contribution in [0.25, 0.3) is 5.57 Å². The van der Waals surface area contributed by atoms with Crippen molar-refractivity contribution in [1.82, 2.24) is 4.98 Å². The minimum Gasteiger partial charge on any atom is -0.511 e. The number of aliphatic hydroxyl groups is 1. The number of aromatic nitrogens is 1. The number of hydrogen-bond donors (Lipinski definition) is 1. The first-order chi connectivity index (χ1) is 17.0. The van der Waals surface area contributed by atoms with Crippen LogP contribution in [0.4, 0.5) is 4.39 Å². The van der Waals surface area contributed by atoms with Crippen molar-refractivity contribution >= 4 is 11.4 Å². The van der Waals surface area contributed by atoms with Gasteiger partial charge in [-0.15, -0.1) is 0 Å². The second-order valence-corrected chi connectivity index (χ2v) is 10.8. The van der Waals surface area contributed by atoms with Gasteiger partial charge < -0.3 is 9.52 Å². The summed E-state index contributed by atoms with van der Waals surface area (Å²) in [5.74, 6) is -0.645. The third kappa shape index (κ3) is 5.02. The number of nitrogens with zero attached hydrogens (tertiary/aromatic N) is 1. The maximum absolute atomic E-state index is 15.2. The smallest absolute Gasteiger partial charge is 0.166 e. The summed E-state index contributed by atoms with van der Waals surface area (Å²) in [5, 5.41) is 11.1. The van der Waals surface area contributed by atoms with E-state index >= 15 is 4.39 Å². The molecule has 2 heterocycles. The average molecular weight is 490 g/mol. The van der Waals surface area contributed by atoms with Crippen LogP contribution < -0.4 is 0 Å². The van der Waals surface area contributed by atoms with E-state index in [1.807, 2.05) is 18.3 Å². The van der Waals surface area contributed by atoms with Gasteiger partial charge in [-0.3, -0.25) is 9.78 Å². The molecule has 190 valence electrons. The van der Waals surface area contributed by atoms with Gasteiger partial charge >= 0.3 is 0 Å². The van der Waals surface area contributed by atoms with Crippen LogP contribution in [0.2, 0.25) is 0 Å². The molecule has 4 nitrogen and oxygen atoms in total. The van der Waals surface area contributed by atoms with Gasteiger partial charge in [-0.2, -0.15) is 0 Å². The number of hydrogen-bond acceptors (Lipinski definition) is 4. The first-order valence-corrected chi connectivity index (χ1v) is 12.8. The normalized spacial score (nSPS) is 19.4. The third-order valence-corrected chi connectivity index (χ3v) is 7.47. The van der Waals surface area contributed by atoms with E-state index in [1.54, 1.807) is 30.7 Å². The second kappa shape index (κ2) is 10.0. The number of alkyl halides is 1. The predicted octanol–water partition coefficient (Wildman–Crippen LogP) is 7.92. The Labute approximate surface area is 213 Å². The number of carbonyl (C=O) groups is 1. The average Bonchev–Trinajstić information content (AvgIpc) is 3.47. The number of allylic oxidation sites excluding steroid dienone is 6. The number of rotatable bonds is 10. The predicted molar refractivity (Wildman–Crippen MR) is 141 cm³/mol. The second-order valence-electron chi connectivity index (χ2n) is 10.8. The summed E-state index contributed by atoms with van der Waals surface area (Å²) in [6, 6.07) is 5.84. The van der Waals surface area contributed by atoms with E-state index in [1.165, 1.54) is 13.8 Å². The maximum atomic E-state index is 15.2. The monoisotopic (exact) mass is 489 g/mol. The van der Waals surface area contributed by atoms with Crippen LogP contribution in [0.15, 0.2) is 82.0 Å². The molecular weight excluding hydrogens is 453 g/mol. The first kappa shape index (κ1) is 25.9. The molecule has 0 amide bonds. The van der Waals surface area contributed by atoms with Crippen LogP contribution in [0.1, 0.15) is 76.6 Å². The fourth-order valence-corrected chi connectivity index (χ4v) is 5.67. The van der Waals surface area contributed by atoms with Crippen LogP contribution >= 0.6 is 0 Å². The van der Waals surface area contributed by atoms with Gasteiger partial charge in [0.2, 0.25) is 0 Å². The van der Waals surface area contributed by atoms with Gasteiger partial charge in [0.1, 0.15) is 11.4 Å². The van der Waals surface area contributed by atoms with Crippen molar-refractivity contribution in [2.24, 2.45) is 5.92 Å². The number of ketones is 1. The van der Waals surface area contributed by atoms with E-state index in [-0.39, 0.29) is 17.0 Å². The highest BCUT2D eigenvalue weighted by atomic mass is 19.1. The number of aliphatic hydroxyl groups excluding tert-OH is 1. The Morgan fingerprint density at radius 2 is 1.97 bits per heavy atom. The van der Waals surface area contributed by atoms with E-state index in [0.717, 1.165) is 41.7 Å². The molecular formula is C31H36FNO3. The number of furan rings is 1. The molecule has 0 aliphatic heterocycles. The highest BCUT2D eigenvalue weighted by molar-refractivity contribution is 6.00. The summed E-state index contributed by atoms with van der Waals surface area (Å²) in [6.45, 7) is 9.47. The van der Waals surface area contributed by atoms with Crippen LogP contribution in [0.3, 0.4) is 0 Å². The van der Waals surface area contributed by atoms with Gasteiger partial charge in [0.15, 0.2) is 5.78 Å². The summed E-state index contributed by atoms with van der Waals surface area (Å²) in [5.41, 5.74) is 3.50. The number of halogens is 1. The minimum atomic E-state index is -1.63. The van der Waals surface area contributed by atoms with Gasteiger partial charge in [-0.25, -0.2) is 4.39 Å². The lowest BCUT2D eigenvalue weighted by molar-refractivity contribution is -0.115. The Morgan fingerprint density at radius 3 is 2.61 bits per heavy atom. The minimum absolute atomic E-state index is 0.00253. The molecule has 1 N–H and O–H groups in total. The fourth-order valence-electron chi connectivity index (χ4n) is 5.67. The summed E-state index contributed by atoms with van der Waals surface area (Å²) in [4.78, 5) is 18.0.